The van der Waals surface area contributed by atoms with Crippen molar-refractivity contribution >= 4 is 41.5 Å². The molecule has 298 valence electrons. The number of aryl methyl sites for hydroxylation is 1. The molecular weight excluding hydrogens is 706 g/mol. The average molecular weight is 762 g/mol. The Kier molecular flexibility index (Phi) is 16.5. The molecule has 4 atom stereocenters. The van der Waals surface area contributed by atoms with E-state index in [4.69, 9.17) is 10.5 Å². The van der Waals surface area contributed by atoms with Gasteiger partial charge in [0.25, 0.3) is 0 Å². The van der Waals surface area contributed by atoms with E-state index in [0.29, 0.717) is 51.9 Å². The van der Waals surface area contributed by atoms with Crippen LogP contribution in [0.1, 0.15) is 69.4 Å². The standard InChI is InChI=1S/C22H32N4O6.C11H15N3O2.C7H8/c1-14-20(29)26-12-5-8-17(26)22(31)32-13-9-18(27)24-11-4-7-16(24)21(30)25-10-3-2-6-15(25)19(28)23-14;12-10(15)8-14-11(16)13-7-6-9-4-2-1-3-5-9;1-7-5-3-2-4-6-7/h14-17H,2-13H2,1H3,(H,23,28);1-5H,6-8H2,(H2,12,15)(H2,13,14,16);2-6H,1H3. The minimum absolute atomic E-state index is 0.00347. The maximum Gasteiger partial charge on any atom is 0.328 e. The van der Waals surface area contributed by atoms with Crippen LogP contribution in [0.15, 0.2) is 60.7 Å². The fraction of sp³-hybridized carbons (Fsp3) is 0.525. The molecule has 0 radical (unpaired) electrons. The lowest BCUT2D eigenvalue weighted by atomic mass is 9.99. The molecule has 0 aromatic heterocycles. The number of carbonyl (C=O) groups excluding carboxylic acids is 7. The maximum absolute atomic E-state index is 13.4. The lowest BCUT2D eigenvalue weighted by Crippen LogP contribution is -2.59. The van der Waals surface area contributed by atoms with Crippen LogP contribution >= 0.6 is 0 Å². The first-order valence-electron chi connectivity index (χ1n) is 19.2. The molecule has 5 N–H and O–H groups in total. The van der Waals surface area contributed by atoms with Gasteiger partial charge in [0.1, 0.15) is 30.8 Å². The van der Waals surface area contributed by atoms with Gasteiger partial charge in [0.2, 0.25) is 29.5 Å². The van der Waals surface area contributed by atoms with E-state index in [0.717, 1.165) is 31.2 Å². The number of hydrogen-bond acceptors (Lipinski definition) is 8. The van der Waals surface area contributed by atoms with Gasteiger partial charge in [-0.3, -0.25) is 24.0 Å². The van der Waals surface area contributed by atoms with E-state index in [1.165, 1.54) is 10.5 Å². The average Bonchev–Trinajstić information content (AvgIpc) is 3.89. The molecule has 15 heteroatoms. The molecule has 0 saturated carbocycles. The van der Waals surface area contributed by atoms with Crippen molar-refractivity contribution in [3.05, 3.63) is 71.8 Å². The Morgan fingerprint density at radius 2 is 1.36 bits per heavy atom. The van der Waals surface area contributed by atoms with Crippen LogP contribution in [0.3, 0.4) is 0 Å². The molecule has 7 amide bonds. The third-order valence-corrected chi connectivity index (χ3v) is 9.95. The molecule has 4 aliphatic heterocycles. The molecular formula is C40H55N7O8. The second kappa shape index (κ2) is 21.4. The first-order chi connectivity index (χ1) is 26.5. The summed E-state index contributed by atoms with van der Waals surface area (Å²) in [7, 11) is 0. The summed E-state index contributed by atoms with van der Waals surface area (Å²) < 4.78 is 5.33. The van der Waals surface area contributed by atoms with Gasteiger partial charge >= 0.3 is 12.0 Å². The van der Waals surface area contributed by atoms with Crippen molar-refractivity contribution in [2.24, 2.45) is 5.73 Å². The second-order valence-electron chi connectivity index (χ2n) is 14.1. The van der Waals surface area contributed by atoms with Crippen molar-refractivity contribution in [3.8, 4) is 0 Å². The summed E-state index contributed by atoms with van der Waals surface area (Å²) in [6, 6.07) is 16.9. The molecule has 55 heavy (non-hydrogen) atoms. The van der Waals surface area contributed by atoms with Crippen molar-refractivity contribution in [1.29, 1.82) is 0 Å². The lowest BCUT2D eigenvalue weighted by Gasteiger charge is -2.38. The number of esters is 1. The molecule has 0 spiro atoms. The monoisotopic (exact) mass is 761 g/mol. The Bertz CT molecular complexity index is 1630. The zero-order valence-corrected chi connectivity index (χ0v) is 31.9. The van der Waals surface area contributed by atoms with Crippen LogP contribution in [0, 0.1) is 6.92 Å². The molecule has 15 nitrogen and oxygen atoms in total. The molecule has 6 rings (SSSR count). The minimum Gasteiger partial charge on any atom is -0.464 e. The fourth-order valence-corrected chi connectivity index (χ4v) is 7.08. The minimum atomic E-state index is -0.813. The Balaban J connectivity index is 0.000000241. The van der Waals surface area contributed by atoms with E-state index in [1.807, 2.05) is 48.5 Å². The number of primary amides is 1. The molecule has 4 heterocycles. The summed E-state index contributed by atoms with van der Waals surface area (Å²) in [5.74, 6) is -2.22. The number of carbonyl (C=O) groups is 7. The number of fused-ring (bicyclic) bond motifs is 3. The van der Waals surface area contributed by atoms with Gasteiger partial charge in [-0.1, -0.05) is 66.2 Å². The third-order valence-electron chi connectivity index (χ3n) is 9.95. The Hall–Kier alpha value is -5.47. The van der Waals surface area contributed by atoms with Crippen molar-refractivity contribution in [2.75, 3.05) is 39.3 Å². The number of urea groups is 1. The predicted octanol–water partition coefficient (Wildman–Crippen LogP) is 1.81. The van der Waals surface area contributed by atoms with Crippen LogP contribution in [0.5, 0.6) is 0 Å². The van der Waals surface area contributed by atoms with Crippen LogP contribution in [0.25, 0.3) is 0 Å². The molecule has 0 bridgehead atoms. The highest BCUT2D eigenvalue weighted by atomic mass is 16.5. The molecule has 4 unspecified atom stereocenters. The Morgan fingerprint density at radius 3 is 2.02 bits per heavy atom. The smallest absolute Gasteiger partial charge is 0.328 e. The number of ether oxygens (including phenoxy) is 1. The Morgan fingerprint density at radius 1 is 0.764 bits per heavy atom. The van der Waals surface area contributed by atoms with Gasteiger partial charge in [-0.2, -0.15) is 0 Å². The first kappa shape index (κ1) is 42.3. The van der Waals surface area contributed by atoms with Gasteiger partial charge < -0.3 is 41.1 Å². The second-order valence-corrected chi connectivity index (χ2v) is 14.1. The SMILES string of the molecule is CC1NC(=O)C2CCCCN2C(=O)C2CCCN2C(=O)CCOC(=O)C2CCCN2C1=O.Cc1ccccc1.NC(=O)CNC(=O)NCCc1ccccc1. The van der Waals surface area contributed by atoms with Crippen LogP contribution in [0.2, 0.25) is 0 Å². The number of rotatable bonds is 5. The van der Waals surface area contributed by atoms with Crippen molar-refractivity contribution in [1.82, 2.24) is 30.7 Å². The van der Waals surface area contributed by atoms with Crippen LogP contribution in [0.4, 0.5) is 4.79 Å². The maximum atomic E-state index is 13.4. The van der Waals surface area contributed by atoms with E-state index in [2.05, 4.69) is 35.0 Å². The summed E-state index contributed by atoms with van der Waals surface area (Å²) in [6.07, 6.45) is 5.34. The van der Waals surface area contributed by atoms with Gasteiger partial charge in [0, 0.05) is 26.2 Å². The van der Waals surface area contributed by atoms with Gasteiger partial charge in [0.15, 0.2) is 0 Å². The normalized spacial score (nSPS) is 23.0. The van der Waals surface area contributed by atoms with Crippen LogP contribution in [-0.4, -0.2) is 120 Å². The summed E-state index contributed by atoms with van der Waals surface area (Å²) in [5.41, 5.74) is 7.35. The van der Waals surface area contributed by atoms with E-state index in [-0.39, 0.29) is 49.2 Å². The van der Waals surface area contributed by atoms with E-state index in [9.17, 15) is 33.6 Å². The summed E-state index contributed by atoms with van der Waals surface area (Å²) >= 11 is 0. The highest BCUT2D eigenvalue weighted by Gasteiger charge is 2.43. The lowest BCUT2D eigenvalue weighted by molar-refractivity contribution is -0.156. The molecule has 4 saturated heterocycles. The number of nitrogens with two attached hydrogens (primary N) is 1. The summed E-state index contributed by atoms with van der Waals surface area (Å²) in [4.78, 5) is 91.0. The summed E-state index contributed by atoms with van der Waals surface area (Å²) in [5, 5.41) is 7.74. The van der Waals surface area contributed by atoms with Gasteiger partial charge in [-0.05, 0) is 70.8 Å². The number of amides is 7. The Labute approximate surface area is 322 Å². The van der Waals surface area contributed by atoms with Gasteiger partial charge in [-0.25, -0.2) is 9.59 Å². The number of hydrogen-bond donors (Lipinski definition) is 4. The largest absolute Gasteiger partial charge is 0.464 e. The van der Waals surface area contributed by atoms with Gasteiger partial charge in [0.05, 0.1) is 13.0 Å². The van der Waals surface area contributed by atoms with Crippen molar-refractivity contribution < 1.29 is 38.3 Å². The number of benzene rings is 2. The van der Waals surface area contributed by atoms with Gasteiger partial charge in [-0.15, -0.1) is 0 Å². The number of cyclic esters (lactones) is 1. The number of nitrogens with one attached hydrogen (secondary N) is 3. The van der Waals surface area contributed by atoms with E-state index >= 15 is 0 Å². The highest BCUT2D eigenvalue weighted by Crippen LogP contribution is 2.26. The zero-order chi connectivity index (χ0) is 39.7. The fourth-order valence-electron chi connectivity index (χ4n) is 7.08. The van der Waals surface area contributed by atoms with E-state index < -0.39 is 36.0 Å². The molecule has 4 fully saturated rings. The zero-order valence-electron chi connectivity index (χ0n) is 31.9. The molecule has 4 aliphatic rings. The van der Waals surface area contributed by atoms with E-state index in [1.54, 1.807) is 16.7 Å². The number of piperidine rings is 1. The molecule has 2 aromatic carbocycles. The quantitative estimate of drug-likeness (QED) is 0.331. The number of nitrogens with zero attached hydrogens (tertiary/aromatic N) is 3. The topological polar surface area (TPSA) is 201 Å². The van der Waals surface area contributed by atoms with Crippen molar-refractivity contribution in [3.63, 3.8) is 0 Å². The predicted molar refractivity (Wildman–Crippen MR) is 204 cm³/mol. The highest BCUT2D eigenvalue weighted by molar-refractivity contribution is 5.95. The first-order valence-corrected chi connectivity index (χ1v) is 19.2. The van der Waals surface area contributed by atoms with Crippen LogP contribution < -0.4 is 21.7 Å². The molecule has 2 aromatic rings. The van der Waals surface area contributed by atoms with Crippen LogP contribution in [-0.2, 0) is 39.9 Å². The third kappa shape index (κ3) is 12.8. The molecule has 0 aliphatic carbocycles. The van der Waals surface area contributed by atoms with Crippen molar-refractivity contribution in [2.45, 2.75) is 95.8 Å². The summed E-state index contributed by atoms with van der Waals surface area (Å²) in [6.45, 7) is 5.36.